The number of anilines is 3. The minimum absolute atomic E-state index is 0.0293. The fourth-order valence-corrected chi connectivity index (χ4v) is 6.77. The summed E-state index contributed by atoms with van der Waals surface area (Å²) in [5.41, 5.74) is 2.98. The lowest BCUT2D eigenvalue weighted by molar-refractivity contribution is 0.670. The Morgan fingerprint density at radius 3 is 2.08 bits per heavy atom. The van der Waals surface area contributed by atoms with Crippen LogP contribution in [0.1, 0.15) is 11.0 Å². The Labute approximate surface area is 294 Å². The number of hydrogen-bond acceptors (Lipinski definition) is 3. The summed E-state index contributed by atoms with van der Waals surface area (Å²) < 4.78 is 88.1. The zero-order valence-corrected chi connectivity index (χ0v) is 25.9. The van der Waals surface area contributed by atoms with E-state index >= 15 is 0 Å². The molecule has 0 bridgehead atoms. The third-order valence-corrected chi connectivity index (χ3v) is 9.01. The molecule has 49 heavy (non-hydrogen) atoms. The molecule has 0 atom stereocenters. The number of fused-ring (bicyclic) bond motifs is 8. The summed E-state index contributed by atoms with van der Waals surface area (Å²) in [6.07, 6.45) is 0. The molecule has 0 aliphatic heterocycles. The van der Waals surface area contributed by atoms with Gasteiger partial charge in [-0.15, -0.1) is 0 Å². The lowest BCUT2D eigenvalue weighted by Gasteiger charge is -2.27. The fourth-order valence-electron chi connectivity index (χ4n) is 6.77. The van der Waals surface area contributed by atoms with Crippen molar-refractivity contribution in [1.82, 2.24) is 0 Å². The maximum Gasteiger partial charge on any atom is 0.143 e. The molecule has 0 fully saturated rings. The van der Waals surface area contributed by atoms with Crippen molar-refractivity contribution < 1.29 is 19.8 Å². The maximum absolute atomic E-state index is 9.68. The highest BCUT2D eigenvalue weighted by atomic mass is 16.3. The van der Waals surface area contributed by atoms with E-state index in [4.69, 9.17) is 11.6 Å². The SMILES string of the molecule is [2H]c1c([2H])c(-c2ccccc2)c([2H])c(N(c2c([2H])c([2H])c(-c3cccc4c3oc3ccccc34)c([2H])c2[2H])c2cccc3oc4c5ccccc5ccc4c23)c1[2H]. The van der Waals surface area contributed by atoms with Crippen molar-refractivity contribution in [2.24, 2.45) is 0 Å². The van der Waals surface area contributed by atoms with Crippen LogP contribution in [0, 0.1) is 0 Å². The molecule has 0 aliphatic rings. The van der Waals surface area contributed by atoms with E-state index < -0.39 is 24.2 Å². The highest BCUT2D eigenvalue weighted by Gasteiger charge is 2.21. The summed E-state index contributed by atoms with van der Waals surface area (Å²) in [4.78, 5) is 1.38. The Morgan fingerprint density at radius 2 is 1.18 bits per heavy atom. The van der Waals surface area contributed by atoms with Gasteiger partial charge in [0.05, 0.1) is 22.0 Å². The highest BCUT2D eigenvalue weighted by Crippen LogP contribution is 2.45. The van der Waals surface area contributed by atoms with Crippen LogP contribution in [0.2, 0.25) is 0 Å². The van der Waals surface area contributed by atoms with Gasteiger partial charge in [-0.1, -0.05) is 127 Å². The molecule has 8 aromatic carbocycles. The third kappa shape index (κ3) is 4.44. The molecule has 0 saturated heterocycles. The van der Waals surface area contributed by atoms with E-state index in [1.165, 1.54) is 4.90 Å². The summed E-state index contributed by atoms with van der Waals surface area (Å²) in [7, 11) is 0. The van der Waals surface area contributed by atoms with Gasteiger partial charge in [0.1, 0.15) is 22.3 Å². The number of rotatable bonds is 5. The van der Waals surface area contributed by atoms with Crippen molar-refractivity contribution in [3.63, 3.8) is 0 Å². The fraction of sp³-hybridized carbons (Fsp3) is 0. The standard InChI is InChI=1S/C46H29NO2/c1-2-11-30(12-3-1)33-14-8-15-35(29-33)47(41-20-10-22-43-44(41)40-28-25-31-13-4-5-16-36(31)46(40)49-43)34-26-23-32(24-27-34)37-18-9-19-39-38-17-6-7-21-42(38)48-45(37)39/h1-29H/i8D,14D,15D,23D,24D,26D,27D,29D. The van der Waals surface area contributed by atoms with Crippen LogP contribution in [0.25, 0.3) is 76.9 Å². The first-order valence-electron chi connectivity index (χ1n) is 20.0. The van der Waals surface area contributed by atoms with Crippen LogP contribution < -0.4 is 4.90 Å². The molecule has 0 radical (unpaired) electrons. The van der Waals surface area contributed by atoms with Gasteiger partial charge in [0.25, 0.3) is 0 Å². The summed E-state index contributed by atoms with van der Waals surface area (Å²) in [6.45, 7) is 0. The average molecular weight is 636 g/mol. The quantitative estimate of drug-likeness (QED) is 0.188. The van der Waals surface area contributed by atoms with Gasteiger partial charge in [-0.2, -0.15) is 0 Å². The molecule has 10 rings (SSSR count). The minimum Gasteiger partial charge on any atom is -0.455 e. The molecule has 0 aliphatic carbocycles. The predicted octanol–water partition coefficient (Wildman–Crippen LogP) is 13.4. The molecule has 0 saturated carbocycles. The molecule has 3 nitrogen and oxygen atoms in total. The van der Waals surface area contributed by atoms with E-state index in [-0.39, 0.29) is 46.7 Å². The molecule has 0 unspecified atom stereocenters. The summed E-state index contributed by atoms with van der Waals surface area (Å²) in [5.74, 6) is 0. The van der Waals surface area contributed by atoms with Crippen LogP contribution in [0.4, 0.5) is 17.1 Å². The molecular formula is C46H29NO2. The van der Waals surface area contributed by atoms with Crippen LogP contribution in [0.3, 0.4) is 0 Å². The van der Waals surface area contributed by atoms with Gasteiger partial charge in [-0.3, -0.25) is 0 Å². The van der Waals surface area contributed by atoms with Gasteiger partial charge in [0, 0.05) is 38.5 Å². The van der Waals surface area contributed by atoms with Crippen molar-refractivity contribution in [2.45, 2.75) is 0 Å². The molecule has 0 spiro atoms. The first-order chi connectivity index (χ1) is 27.7. The van der Waals surface area contributed by atoms with Crippen LogP contribution in [-0.2, 0) is 0 Å². The highest BCUT2D eigenvalue weighted by molar-refractivity contribution is 6.19. The second-order valence-electron chi connectivity index (χ2n) is 11.8. The molecule has 0 N–H and O–H groups in total. The minimum atomic E-state index is -0.479. The summed E-state index contributed by atoms with van der Waals surface area (Å²) in [5, 5.41) is 4.67. The van der Waals surface area contributed by atoms with Crippen LogP contribution in [0.15, 0.2) is 185 Å². The smallest absolute Gasteiger partial charge is 0.143 e. The van der Waals surface area contributed by atoms with Gasteiger partial charge in [0.15, 0.2) is 0 Å². The number of hydrogen-bond donors (Lipinski definition) is 0. The normalized spacial score (nSPS) is 14.0. The molecular weight excluding hydrogens is 599 g/mol. The second-order valence-corrected chi connectivity index (χ2v) is 11.8. The van der Waals surface area contributed by atoms with Crippen molar-refractivity contribution in [2.75, 3.05) is 4.90 Å². The van der Waals surface area contributed by atoms with Gasteiger partial charge < -0.3 is 13.7 Å². The molecule has 2 aromatic heterocycles. The molecule has 3 heteroatoms. The molecule has 10 aromatic rings. The van der Waals surface area contributed by atoms with E-state index in [2.05, 4.69) is 0 Å². The second kappa shape index (κ2) is 11.0. The largest absolute Gasteiger partial charge is 0.455 e. The molecule has 0 amide bonds. The van der Waals surface area contributed by atoms with E-state index in [9.17, 15) is 8.22 Å². The summed E-state index contributed by atoms with van der Waals surface area (Å²) >= 11 is 0. The van der Waals surface area contributed by atoms with Crippen LogP contribution in [-0.4, -0.2) is 0 Å². The average Bonchev–Trinajstić information content (AvgIpc) is 3.82. The Hall–Kier alpha value is -6.58. The Kier molecular flexibility index (Phi) is 4.63. The first-order valence-corrected chi connectivity index (χ1v) is 16.0. The Bertz CT molecular complexity index is 3270. The Balaban J connectivity index is 1.33. The number of para-hydroxylation sites is 2. The van der Waals surface area contributed by atoms with Crippen molar-refractivity contribution in [3.8, 4) is 22.3 Å². The monoisotopic (exact) mass is 635 g/mol. The van der Waals surface area contributed by atoms with E-state index in [0.717, 1.165) is 21.5 Å². The van der Waals surface area contributed by atoms with Gasteiger partial charge >= 0.3 is 0 Å². The van der Waals surface area contributed by atoms with Gasteiger partial charge in [0.2, 0.25) is 0 Å². The van der Waals surface area contributed by atoms with Crippen molar-refractivity contribution in [3.05, 3.63) is 176 Å². The number of furan rings is 2. The lowest BCUT2D eigenvalue weighted by atomic mass is 10.0. The zero-order valence-electron chi connectivity index (χ0n) is 33.9. The van der Waals surface area contributed by atoms with Crippen LogP contribution >= 0.6 is 0 Å². The number of benzene rings is 8. The molecule has 230 valence electrons. The summed E-state index contributed by atoms with van der Waals surface area (Å²) in [6, 6.07) is 35.5. The van der Waals surface area contributed by atoms with E-state index in [1.54, 1.807) is 60.7 Å². The lowest BCUT2D eigenvalue weighted by Crippen LogP contribution is -2.10. The van der Waals surface area contributed by atoms with Crippen LogP contribution in [0.5, 0.6) is 0 Å². The Morgan fingerprint density at radius 1 is 0.449 bits per heavy atom. The van der Waals surface area contributed by atoms with Gasteiger partial charge in [-0.05, 0) is 70.5 Å². The van der Waals surface area contributed by atoms with Crippen molar-refractivity contribution >= 4 is 71.7 Å². The third-order valence-electron chi connectivity index (χ3n) is 9.01. The number of nitrogens with zero attached hydrogens (tertiary/aromatic N) is 1. The predicted molar refractivity (Wildman–Crippen MR) is 204 cm³/mol. The van der Waals surface area contributed by atoms with E-state index in [0.29, 0.717) is 49.9 Å². The van der Waals surface area contributed by atoms with Gasteiger partial charge in [-0.25, -0.2) is 0 Å². The maximum atomic E-state index is 9.68. The zero-order chi connectivity index (χ0) is 39.3. The topological polar surface area (TPSA) is 29.5 Å². The van der Waals surface area contributed by atoms with Crippen molar-refractivity contribution in [1.29, 1.82) is 0 Å². The first kappa shape index (κ1) is 20.6. The molecule has 2 heterocycles. The van der Waals surface area contributed by atoms with E-state index in [1.807, 2.05) is 66.7 Å².